The van der Waals surface area contributed by atoms with E-state index in [0.29, 0.717) is 30.5 Å². The Balaban J connectivity index is 1.85. The number of hydrogen-bond acceptors (Lipinski definition) is 7. The number of sulfonamides is 1. The molecule has 2 N–H and O–H groups in total. The van der Waals surface area contributed by atoms with Gasteiger partial charge >= 0.3 is 0 Å². The Labute approximate surface area is 134 Å². The third kappa shape index (κ3) is 3.19. The van der Waals surface area contributed by atoms with E-state index in [0.717, 1.165) is 0 Å². The Morgan fingerprint density at radius 3 is 2.96 bits per heavy atom. The number of anilines is 1. The van der Waals surface area contributed by atoms with E-state index in [2.05, 4.69) is 25.5 Å². The van der Waals surface area contributed by atoms with Crippen LogP contribution < -0.4 is 5.32 Å². The lowest BCUT2D eigenvalue weighted by molar-refractivity contribution is -0.00505. The number of ether oxygens (including phenoxy) is 1. The van der Waals surface area contributed by atoms with E-state index in [1.165, 1.54) is 16.7 Å². The van der Waals surface area contributed by atoms with Crippen molar-refractivity contribution >= 4 is 15.8 Å². The first-order valence-electron chi connectivity index (χ1n) is 7.14. The fourth-order valence-corrected chi connectivity index (χ4v) is 3.77. The zero-order valence-electron chi connectivity index (χ0n) is 12.9. The number of hydrogen-bond donors (Lipinski definition) is 2. The van der Waals surface area contributed by atoms with Crippen molar-refractivity contribution in [3.8, 4) is 0 Å². The lowest BCUT2D eigenvalue weighted by atomic mass is 10.2. The molecule has 1 fully saturated rings. The molecule has 0 amide bonds. The van der Waals surface area contributed by atoms with Crippen molar-refractivity contribution in [3.63, 3.8) is 0 Å². The molecule has 10 heteroatoms. The molecule has 1 aliphatic heterocycles. The summed E-state index contributed by atoms with van der Waals surface area (Å²) in [7, 11) is -1.82. The van der Waals surface area contributed by atoms with Crippen molar-refractivity contribution in [3.05, 3.63) is 30.0 Å². The van der Waals surface area contributed by atoms with E-state index in [9.17, 15) is 8.42 Å². The van der Waals surface area contributed by atoms with Gasteiger partial charge in [-0.05, 0) is 6.92 Å². The number of nitrogens with one attached hydrogen (secondary N) is 2. The van der Waals surface area contributed by atoms with Gasteiger partial charge in [0.15, 0.2) is 0 Å². The predicted molar refractivity (Wildman–Crippen MR) is 82.4 cm³/mol. The highest BCUT2D eigenvalue weighted by atomic mass is 32.2. The van der Waals surface area contributed by atoms with Crippen LogP contribution >= 0.6 is 0 Å². The second kappa shape index (κ2) is 6.22. The zero-order valence-corrected chi connectivity index (χ0v) is 13.7. The molecule has 3 heterocycles. The maximum Gasteiger partial charge on any atom is 0.246 e. The molecule has 0 unspecified atom stereocenters. The first kappa shape index (κ1) is 15.8. The van der Waals surface area contributed by atoms with Crippen LogP contribution in [0.4, 0.5) is 5.82 Å². The van der Waals surface area contributed by atoms with Crippen LogP contribution in [0.3, 0.4) is 0 Å². The Bertz CT molecular complexity index is 777. The van der Waals surface area contributed by atoms with Gasteiger partial charge in [0.05, 0.1) is 18.5 Å². The molecular formula is C13H18N6O3S. The lowest BCUT2D eigenvalue weighted by Gasteiger charge is -2.31. The third-order valence-corrected chi connectivity index (χ3v) is 5.41. The molecular weight excluding hydrogens is 320 g/mol. The summed E-state index contributed by atoms with van der Waals surface area (Å²) in [5.41, 5.74) is 0.661. The van der Waals surface area contributed by atoms with Gasteiger partial charge in [-0.25, -0.2) is 18.4 Å². The predicted octanol–water partition coefficient (Wildman–Crippen LogP) is 0.312. The van der Waals surface area contributed by atoms with Gasteiger partial charge in [0, 0.05) is 32.4 Å². The van der Waals surface area contributed by atoms with Gasteiger partial charge in [0.1, 0.15) is 22.6 Å². The average molecular weight is 338 g/mol. The maximum atomic E-state index is 12.6. The standard InChI is InChI=1S/C13H18N6O3S/c1-9-17-11(5-13(14-2)18-9)12-8-19(3-4-22-12)23(20,21)10-6-15-16-7-10/h5-7,12H,3-4,8H2,1-2H3,(H,15,16)(H,14,17,18)/t12-/m0/s1. The summed E-state index contributed by atoms with van der Waals surface area (Å²) < 4.78 is 32.3. The number of aromatic amines is 1. The van der Waals surface area contributed by atoms with E-state index < -0.39 is 16.1 Å². The number of aromatic nitrogens is 4. The van der Waals surface area contributed by atoms with Crippen molar-refractivity contribution in [1.29, 1.82) is 0 Å². The second-order valence-electron chi connectivity index (χ2n) is 5.13. The highest BCUT2D eigenvalue weighted by Gasteiger charge is 2.32. The van der Waals surface area contributed by atoms with Gasteiger partial charge < -0.3 is 10.1 Å². The minimum atomic E-state index is -3.58. The molecule has 1 saturated heterocycles. The highest BCUT2D eigenvalue weighted by molar-refractivity contribution is 7.89. The van der Waals surface area contributed by atoms with Gasteiger partial charge in [-0.3, -0.25) is 5.10 Å². The molecule has 1 aliphatic rings. The second-order valence-corrected chi connectivity index (χ2v) is 7.07. The summed E-state index contributed by atoms with van der Waals surface area (Å²) in [5.74, 6) is 1.27. The maximum absolute atomic E-state index is 12.6. The van der Waals surface area contributed by atoms with Crippen molar-refractivity contribution in [1.82, 2.24) is 24.5 Å². The van der Waals surface area contributed by atoms with Crippen LogP contribution in [0.1, 0.15) is 17.6 Å². The van der Waals surface area contributed by atoms with Gasteiger partial charge in [0.25, 0.3) is 0 Å². The Hall–Kier alpha value is -2.04. The number of aryl methyl sites for hydroxylation is 1. The summed E-state index contributed by atoms with van der Waals surface area (Å²) in [6, 6.07) is 1.77. The van der Waals surface area contributed by atoms with Crippen molar-refractivity contribution < 1.29 is 13.2 Å². The Kier molecular flexibility index (Phi) is 4.28. The van der Waals surface area contributed by atoms with Crippen LogP contribution in [0.15, 0.2) is 23.4 Å². The van der Waals surface area contributed by atoms with Crippen LogP contribution in [-0.4, -0.2) is 59.6 Å². The fourth-order valence-electron chi connectivity index (χ4n) is 2.44. The summed E-state index contributed by atoms with van der Waals surface area (Å²) in [6.07, 6.45) is 2.24. The summed E-state index contributed by atoms with van der Waals surface area (Å²) >= 11 is 0. The topological polar surface area (TPSA) is 113 Å². The fraction of sp³-hybridized carbons (Fsp3) is 0.462. The summed E-state index contributed by atoms with van der Waals surface area (Å²) in [6.45, 7) is 2.59. The number of morpholine rings is 1. The molecule has 0 aromatic carbocycles. The Morgan fingerprint density at radius 1 is 1.43 bits per heavy atom. The van der Waals surface area contributed by atoms with E-state index in [4.69, 9.17) is 4.74 Å². The molecule has 2 aromatic rings. The van der Waals surface area contributed by atoms with Crippen LogP contribution in [0.5, 0.6) is 0 Å². The average Bonchev–Trinajstić information content (AvgIpc) is 3.09. The largest absolute Gasteiger partial charge is 0.373 e. The van der Waals surface area contributed by atoms with Crippen molar-refractivity contribution in [2.75, 3.05) is 32.1 Å². The number of rotatable bonds is 4. The molecule has 0 saturated carbocycles. The molecule has 2 aromatic heterocycles. The minimum Gasteiger partial charge on any atom is -0.373 e. The quantitative estimate of drug-likeness (QED) is 0.825. The smallest absolute Gasteiger partial charge is 0.246 e. The zero-order chi connectivity index (χ0) is 16.4. The van der Waals surface area contributed by atoms with E-state index in [-0.39, 0.29) is 11.4 Å². The van der Waals surface area contributed by atoms with Crippen LogP contribution in [0, 0.1) is 6.92 Å². The molecule has 0 spiro atoms. The normalized spacial score (nSPS) is 19.7. The van der Waals surface area contributed by atoms with Gasteiger partial charge in [-0.1, -0.05) is 0 Å². The van der Waals surface area contributed by atoms with Gasteiger partial charge in [0.2, 0.25) is 10.0 Å². The lowest BCUT2D eigenvalue weighted by Crippen LogP contribution is -2.42. The first-order chi connectivity index (χ1) is 11.0. The molecule has 0 aliphatic carbocycles. The SMILES string of the molecule is CNc1cc([C@@H]2CN(S(=O)(=O)c3cn[nH]c3)CCO2)nc(C)n1. The highest BCUT2D eigenvalue weighted by Crippen LogP contribution is 2.26. The van der Waals surface area contributed by atoms with Gasteiger partial charge in [-0.15, -0.1) is 0 Å². The summed E-state index contributed by atoms with van der Waals surface area (Å²) in [4.78, 5) is 8.75. The van der Waals surface area contributed by atoms with Crippen LogP contribution in [0.25, 0.3) is 0 Å². The molecule has 3 rings (SSSR count). The Morgan fingerprint density at radius 2 is 2.26 bits per heavy atom. The molecule has 0 radical (unpaired) electrons. The van der Waals surface area contributed by atoms with Gasteiger partial charge in [-0.2, -0.15) is 9.40 Å². The molecule has 124 valence electrons. The number of H-pyrrole nitrogens is 1. The molecule has 9 nitrogen and oxygen atoms in total. The molecule has 23 heavy (non-hydrogen) atoms. The number of nitrogens with zero attached hydrogens (tertiary/aromatic N) is 4. The van der Waals surface area contributed by atoms with E-state index in [1.807, 2.05) is 0 Å². The van der Waals surface area contributed by atoms with Crippen molar-refractivity contribution in [2.45, 2.75) is 17.9 Å². The van der Waals surface area contributed by atoms with E-state index in [1.54, 1.807) is 20.0 Å². The summed E-state index contributed by atoms with van der Waals surface area (Å²) in [5, 5.41) is 9.19. The first-order valence-corrected chi connectivity index (χ1v) is 8.58. The molecule has 0 bridgehead atoms. The minimum absolute atomic E-state index is 0.146. The van der Waals surface area contributed by atoms with Crippen LogP contribution in [0.2, 0.25) is 0 Å². The third-order valence-electron chi connectivity index (χ3n) is 3.58. The van der Waals surface area contributed by atoms with Crippen LogP contribution in [-0.2, 0) is 14.8 Å². The molecule has 1 atom stereocenters. The van der Waals surface area contributed by atoms with Crippen molar-refractivity contribution in [2.24, 2.45) is 0 Å². The monoisotopic (exact) mass is 338 g/mol. The van der Waals surface area contributed by atoms with E-state index >= 15 is 0 Å².